The molecule has 1 aliphatic carbocycles. The van der Waals surface area contributed by atoms with Crippen molar-refractivity contribution in [2.45, 2.75) is 32.2 Å². The summed E-state index contributed by atoms with van der Waals surface area (Å²) in [5.74, 6) is 1.24. The molecule has 1 heterocycles. The minimum Gasteiger partial charge on any atom is -0.383 e. The molecule has 6 heteroatoms. The van der Waals surface area contributed by atoms with Gasteiger partial charge in [0.15, 0.2) is 0 Å². The maximum atomic E-state index is 11.4. The maximum absolute atomic E-state index is 11.4. The van der Waals surface area contributed by atoms with E-state index >= 15 is 0 Å². The van der Waals surface area contributed by atoms with Crippen LogP contribution in [0.1, 0.15) is 24.8 Å². The van der Waals surface area contributed by atoms with Crippen LogP contribution in [0.25, 0.3) is 0 Å². The summed E-state index contributed by atoms with van der Waals surface area (Å²) in [7, 11) is 0. The largest absolute Gasteiger partial charge is 0.383 e. The predicted octanol–water partition coefficient (Wildman–Crippen LogP) is 0.448. The van der Waals surface area contributed by atoms with Crippen molar-refractivity contribution in [1.29, 1.82) is 0 Å². The summed E-state index contributed by atoms with van der Waals surface area (Å²) in [5.41, 5.74) is 6.47. The van der Waals surface area contributed by atoms with Crippen LogP contribution in [0.15, 0.2) is 6.33 Å². The minimum absolute atomic E-state index is 0.0830. The van der Waals surface area contributed by atoms with Gasteiger partial charge in [-0.1, -0.05) is 0 Å². The third kappa shape index (κ3) is 3.30. The Balaban J connectivity index is 1.77. The molecule has 1 fully saturated rings. The third-order valence-corrected chi connectivity index (χ3v) is 2.71. The second-order valence-corrected chi connectivity index (χ2v) is 4.25. The van der Waals surface area contributed by atoms with Gasteiger partial charge in [0.05, 0.1) is 0 Å². The third-order valence-electron chi connectivity index (χ3n) is 2.71. The van der Waals surface area contributed by atoms with Crippen LogP contribution in [0, 0.1) is 6.92 Å². The van der Waals surface area contributed by atoms with E-state index in [-0.39, 0.29) is 5.91 Å². The summed E-state index contributed by atoms with van der Waals surface area (Å²) in [6.07, 6.45) is 4.08. The van der Waals surface area contributed by atoms with Crippen LogP contribution in [0.5, 0.6) is 0 Å². The zero-order valence-electron chi connectivity index (χ0n) is 9.86. The summed E-state index contributed by atoms with van der Waals surface area (Å²) in [4.78, 5) is 19.4. The minimum atomic E-state index is 0.0830. The molecule has 4 N–H and O–H groups in total. The van der Waals surface area contributed by atoms with Crippen molar-refractivity contribution < 1.29 is 4.79 Å². The fourth-order valence-corrected chi connectivity index (χ4v) is 1.46. The van der Waals surface area contributed by atoms with Crippen molar-refractivity contribution in [3.8, 4) is 0 Å². The van der Waals surface area contributed by atoms with Crippen LogP contribution in [0.2, 0.25) is 0 Å². The van der Waals surface area contributed by atoms with Crippen LogP contribution < -0.4 is 16.4 Å². The molecule has 17 heavy (non-hydrogen) atoms. The van der Waals surface area contributed by atoms with Crippen LogP contribution in [0.4, 0.5) is 11.6 Å². The Morgan fingerprint density at radius 2 is 2.29 bits per heavy atom. The fourth-order valence-electron chi connectivity index (χ4n) is 1.46. The average molecular weight is 235 g/mol. The molecule has 6 nitrogen and oxygen atoms in total. The number of amides is 1. The summed E-state index contributed by atoms with van der Waals surface area (Å²) in [6, 6.07) is 0.416. The number of nitrogens with one attached hydrogen (secondary N) is 2. The number of rotatable bonds is 5. The fraction of sp³-hybridized carbons (Fsp3) is 0.545. The van der Waals surface area contributed by atoms with Crippen molar-refractivity contribution in [3.63, 3.8) is 0 Å². The Hall–Kier alpha value is -1.85. The Morgan fingerprint density at radius 1 is 1.53 bits per heavy atom. The number of nitrogen functional groups attached to an aromatic ring is 1. The lowest BCUT2D eigenvalue weighted by Crippen LogP contribution is -2.27. The molecule has 0 atom stereocenters. The quantitative estimate of drug-likeness (QED) is 0.689. The van der Waals surface area contributed by atoms with Gasteiger partial charge < -0.3 is 16.4 Å². The van der Waals surface area contributed by atoms with Crippen molar-refractivity contribution in [3.05, 3.63) is 11.9 Å². The molecule has 0 aliphatic heterocycles. The van der Waals surface area contributed by atoms with E-state index in [4.69, 9.17) is 5.73 Å². The van der Waals surface area contributed by atoms with E-state index in [2.05, 4.69) is 20.6 Å². The van der Waals surface area contributed by atoms with Gasteiger partial charge >= 0.3 is 0 Å². The van der Waals surface area contributed by atoms with Crippen LogP contribution >= 0.6 is 0 Å². The van der Waals surface area contributed by atoms with E-state index in [1.54, 1.807) is 0 Å². The van der Waals surface area contributed by atoms with Gasteiger partial charge in [-0.05, 0) is 19.8 Å². The first-order chi connectivity index (χ1) is 8.16. The highest BCUT2D eigenvalue weighted by atomic mass is 16.1. The van der Waals surface area contributed by atoms with Crippen LogP contribution in [0.3, 0.4) is 0 Å². The second-order valence-electron chi connectivity index (χ2n) is 4.25. The summed E-state index contributed by atoms with van der Waals surface area (Å²) < 4.78 is 0. The molecule has 0 unspecified atom stereocenters. The molecule has 0 saturated heterocycles. The van der Waals surface area contributed by atoms with E-state index in [1.807, 2.05) is 6.92 Å². The summed E-state index contributed by atoms with van der Waals surface area (Å²) in [6.45, 7) is 2.40. The lowest BCUT2D eigenvalue weighted by Gasteiger charge is -2.09. The molecular formula is C11H17N5O. The molecule has 0 spiro atoms. The molecule has 1 saturated carbocycles. The lowest BCUT2D eigenvalue weighted by atomic mass is 10.3. The number of nitrogens with zero attached hydrogens (tertiary/aromatic N) is 2. The maximum Gasteiger partial charge on any atom is 0.221 e. The molecular weight excluding hydrogens is 218 g/mol. The second kappa shape index (κ2) is 4.99. The van der Waals surface area contributed by atoms with Gasteiger partial charge in [0.2, 0.25) is 5.91 Å². The standard InChI is InChI=1S/C11H17N5O/c1-7-10(12)14-6-15-11(7)13-5-4-9(17)16-8-2-3-8/h6,8H,2-5H2,1H3,(H,16,17)(H3,12,13,14,15). The van der Waals surface area contributed by atoms with E-state index < -0.39 is 0 Å². The van der Waals surface area contributed by atoms with Gasteiger partial charge in [0, 0.05) is 24.6 Å². The highest BCUT2D eigenvalue weighted by Crippen LogP contribution is 2.18. The summed E-state index contributed by atoms with van der Waals surface area (Å²) >= 11 is 0. The normalized spacial score (nSPS) is 14.4. The number of nitrogens with two attached hydrogens (primary N) is 1. The van der Waals surface area contributed by atoms with Crippen molar-refractivity contribution in [2.24, 2.45) is 0 Å². The lowest BCUT2D eigenvalue weighted by molar-refractivity contribution is -0.120. The molecule has 0 bridgehead atoms. The van der Waals surface area contributed by atoms with E-state index in [0.717, 1.165) is 18.4 Å². The van der Waals surface area contributed by atoms with Gasteiger partial charge in [-0.25, -0.2) is 9.97 Å². The van der Waals surface area contributed by atoms with E-state index in [0.29, 0.717) is 30.6 Å². The van der Waals surface area contributed by atoms with Gasteiger partial charge in [-0.3, -0.25) is 4.79 Å². The van der Waals surface area contributed by atoms with Gasteiger partial charge in [0.1, 0.15) is 18.0 Å². The monoisotopic (exact) mass is 235 g/mol. The first-order valence-corrected chi connectivity index (χ1v) is 5.77. The zero-order chi connectivity index (χ0) is 12.3. The molecule has 1 aliphatic rings. The van der Waals surface area contributed by atoms with Gasteiger partial charge in [0.25, 0.3) is 0 Å². The SMILES string of the molecule is Cc1c(N)ncnc1NCCC(=O)NC1CC1. The molecule has 92 valence electrons. The smallest absolute Gasteiger partial charge is 0.221 e. The van der Waals surface area contributed by atoms with Crippen LogP contribution in [-0.2, 0) is 4.79 Å². The van der Waals surface area contributed by atoms with Crippen molar-refractivity contribution in [1.82, 2.24) is 15.3 Å². The van der Waals surface area contributed by atoms with Gasteiger partial charge in [-0.2, -0.15) is 0 Å². The van der Waals surface area contributed by atoms with E-state index in [9.17, 15) is 4.79 Å². The topological polar surface area (TPSA) is 92.9 Å². The number of hydrogen-bond acceptors (Lipinski definition) is 5. The highest BCUT2D eigenvalue weighted by Gasteiger charge is 2.22. The Bertz CT molecular complexity index is 416. The molecule has 0 aromatic carbocycles. The van der Waals surface area contributed by atoms with E-state index in [1.165, 1.54) is 6.33 Å². The first-order valence-electron chi connectivity index (χ1n) is 5.77. The molecule has 0 radical (unpaired) electrons. The molecule has 2 rings (SSSR count). The Morgan fingerprint density at radius 3 is 3.00 bits per heavy atom. The Labute approximate surface area is 100 Å². The molecule has 1 aromatic rings. The average Bonchev–Trinajstić information content (AvgIpc) is 3.08. The molecule has 1 aromatic heterocycles. The molecule has 1 amide bonds. The number of anilines is 2. The van der Waals surface area contributed by atoms with Gasteiger partial charge in [-0.15, -0.1) is 0 Å². The number of hydrogen-bond donors (Lipinski definition) is 3. The first kappa shape index (κ1) is 11.6. The van der Waals surface area contributed by atoms with Crippen molar-refractivity contribution >= 4 is 17.5 Å². The Kier molecular flexibility index (Phi) is 3.41. The van der Waals surface area contributed by atoms with Crippen LogP contribution in [-0.4, -0.2) is 28.5 Å². The number of aromatic nitrogens is 2. The zero-order valence-corrected chi connectivity index (χ0v) is 9.86. The predicted molar refractivity (Wildman–Crippen MR) is 65.5 cm³/mol. The van der Waals surface area contributed by atoms with Crippen molar-refractivity contribution in [2.75, 3.05) is 17.6 Å². The summed E-state index contributed by atoms with van der Waals surface area (Å²) in [5, 5.41) is 6.02. The number of carbonyl (C=O) groups is 1. The number of carbonyl (C=O) groups excluding carboxylic acids is 1. The highest BCUT2D eigenvalue weighted by molar-refractivity contribution is 5.77.